The average molecular weight is 306 g/mol. The molecule has 1 aromatic carbocycles. The molecule has 0 bridgehead atoms. The van der Waals surface area contributed by atoms with E-state index >= 15 is 0 Å². The number of carboxylic acids is 2. The van der Waals surface area contributed by atoms with Crippen LogP contribution in [-0.4, -0.2) is 22.2 Å². The van der Waals surface area contributed by atoms with Crippen LogP contribution in [0.25, 0.3) is 0 Å². The highest BCUT2D eigenvalue weighted by Gasteiger charge is 2.24. The first-order valence-corrected chi connectivity index (χ1v) is 8.11. The molecule has 0 saturated heterocycles. The zero-order valence-corrected chi connectivity index (χ0v) is 13.7. The number of aromatic carboxylic acids is 2. The molecule has 0 aliphatic carbocycles. The first-order valence-electron chi connectivity index (χ1n) is 8.11. The summed E-state index contributed by atoms with van der Waals surface area (Å²) in [5.41, 5.74) is 2.67. The van der Waals surface area contributed by atoms with Gasteiger partial charge in [0.15, 0.2) is 0 Å². The molecule has 0 fully saturated rings. The van der Waals surface area contributed by atoms with Crippen molar-refractivity contribution >= 4 is 11.9 Å². The molecule has 1 rings (SSSR count). The molecule has 0 aromatic heterocycles. The lowest BCUT2D eigenvalue weighted by atomic mass is 9.86. The largest absolute Gasteiger partial charge is 0.478 e. The molecule has 0 atom stereocenters. The van der Waals surface area contributed by atoms with Crippen LogP contribution >= 0.6 is 0 Å². The number of aryl methyl sites for hydroxylation is 1. The maximum absolute atomic E-state index is 11.6. The van der Waals surface area contributed by atoms with E-state index in [1.165, 1.54) is 0 Å². The van der Waals surface area contributed by atoms with Crippen LogP contribution in [0.3, 0.4) is 0 Å². The molecule has 0 unspecified atom stereocenters. The second kappa shape index (κ2) is 8.57. The van der Waals surface area contributed by atoms with E-state index in [0.717, 1.165) is 55.2 Å². The summed E-state index contributed by atoms with van der Waals surface area (Å²) in [4.78, 5) is 23.2. The maximum Gasteiger partial charge on any atom is 0.336 e. The molecule has 4 nitrogen and oxygen atoms in total. The molecule has 1 aromatic rings. The summed E-state index contributed by atoms with van der Waals surface area (Å²) in [7, 11) is 0. The van der Waals surface area contributed by atoms with Crippen LogP contribution < -0.4 is 0 Å². The Kier molecular flexibility index (Phi) is 7.09. The minimum absolute atomic E-state index is 0.0157. The predicted molar refractivity (Wildman–Crippen MR) is 87.0 cm³/mol. The third-order valence-electron chi connectivity index (χ3n) is 4.02. The molecule has 122 valence electrons. The Balaban J connectivity index is 3.58. The quantitative estimate of drug-likeness (QED) is 0.712. The third kappa shape index (κ3) is 4.09. The van der Waals surface area contributed by atoms with Crippen LogP contribution in [0.5, 0.6) is 0 Å². The molecule has 0 aliphatic rings. The number of carboxylic acid groups (broad SMARTS) is 2. The zero-order chi connectivity index (χ0) is 16.7. The second-order valence-corrected chi connectivity index (χ2v) is 5.59. The highest BCUT2D eigenvalue weighted by Crippen LogP contribution is 2.28. The van der Waals surface area contributed by atoms with Gasteiger partial charge in [-0.15, -0.1) is 0 Å². The van der Waals surface area contributed by atoms with Crippen molar-refractivity contribution in [2.45, 2.75) is 65.7 Å². The normalized spacial score (nSPS) is 10.7. The summed E-state index contributed by atoms with van der Waals surface area (Å²) in [6, 6.07) is 1.58. The number of rotatable bonds is 9. The van der Waals surface area contributed by atoms with Crippen molar-refractivity contribution in [3.05, 3.63) is 33.9 Å². The van der Waals surface area contributed by atoms with Gasteiger partial charge >= 0.3 is 11.9 Å². The van der Waals surface area contributed by atoms with Gasteiger partial charge in [0.05, 0.1) is 11.1 Å². The molecular weight excluding hydrogens is 280 g/mol. The van der Waals surface area contributed by atoms with Crippen molar-refractivity contribution in [2.24, 2.45) is 0 Å². The van der Waals surface area contributed by atoms with Crippen LogP contribution in [0, 0.1) is 0 Å². The molecule has 0 saturated carbocycles. The SMILES string of the molecule is CCCCc1cc(C(=O)O)c(C(=O)O)c(CCCC)c1CC. The van der Waals surface area contributed by atoms with E-state index < -0.39 is 11.9 Å². The van der Waals surface area contributed by atoms with Gasteiger partial charge in [-0.1, -0.05) is 33.6 Å². The minimum Gasteiger partial charge on any atom is -0.478 e. The first-order chi connectivity index (χ1) is 10.5. The van der Waals surface area contributed by atoms with Crippen molar-refractivity contribution < 1.29 is 19.8 Å². The van der Waals surface area contributed by atoms with E-state index in [1.54, 1.807) is 6.07 Å². The molecule has 22 heavy (non-hydrogen) atoms. The summed E-state index contributed by atoms with van der Waals surface area (Å²) in [6.07, 6.45) is 5.98. The van der Waals surface area contributed by atoms with Crippen LogP contribution in [-0.2, 0) is 19.3 Å². The van der Waals surface area contributed by atoms with E-state index in [2.05, 4.69) is 6.92 Å². The summed E-state index contributed by atoms with van der Waals surface area (Å²) >= 11 is 0. The Bertz CT molecular complexity index is 547. The van der Waals surface area contributed by atoms with Gasteiger partial charge in [-0.3, -0.25) is 0 Å². The number of hydrogen-bond acceptors (Lipinski definition) is 2. The molecule has 0 aliphatic heterocycles. The summed E-state index contributed by atoms with van der Waals surface area (Å²) in [5.74, 6) is -2.30. The lowest BCUT2D eigenvalue weighted by Gasteiger charge is -2.18. The van der Waals surface area contributed by atoms with Crippen molar-refractivity contribution in [1.82, 2.24) is 0 Å². The molecule has 2 N–H and O–H groups in total. The molecule has 0 amide bonds. The van der Waals surface area contributed by atoms with E-state index in [-0.39, 0.29) is 11.1 Å². The van der Waals surface area contributed by atoms with Gasteiger partial charge < -0.3 is 10.2 Å². The monoisotopic (exact) mass is 306 g/mol. The van der Waals surface area contributed by atoms with E-state index in [0.29, 0.717) is 6.42 Å². The number of hydrogen-bond donors (Lipinski definition) is 2. The maximum atomic E-state index is 11.6. The average Bonchev–Trinajstić information content (AvgIpc) is 2.48. The van der Waals surface area contributed by atoms with Crippen LogP contribution in [0.1, 0.15) is 83.9 Å². The Morgan fingerprint density at radius 3 is 1.95 bits per heavy atom. The fraction of sp³-hybridized carbons (Fsp3) is 0.556. The molecular formula is C18H26O4. The minimum atomic E-state index is -1.16. The van der Waals surface area contributed by atoms with Gasteiger partial charge in [-0.05, 0) is 54.9 Å². The molecule has 0 spiro atoms. The van der Waals surface area contributed by atoms with Crippen LogP contribution in [0.4, 0.5) is 0 Å². The molecule has 4 heteroatoms. The lowest BCUT2D eigenvalue weighted by molar-refractivity contribution is 0.0650. The Morgan fingerprint density at radius 1 is 0.909 bits per heavy atom. The number of carbonyl (C=O) groups is 2. The standard InChI is InChI=1S/C18H26O4/c1-4-7-9-12-11-15(17(19)20)16(18(21)22)14(10-8-5-2)13(12)6-3/h11H,4-10H2,1-3H3,(H,19,20)(H,21,22). The number of benzene rings is 1. The van der Waals surface area contributed by atoms with Gasteiger partial charge in [0.25, 0.3) is 0 Å². The van der Waals surface area contributed by atoms with E-state index in [4.69, 9.17) is 0 Å². The van der Waals surface area contributed by atoms with Crippen molar-refractivity contribution in [2.75, 3.05) is 0 Å². The third-order valence-corrected chi connectivity index (χ3v) is 4.02. The molecule has 0 heterocycles. The van der Waals surface area contributed by atoms with Crippen LogP contribution in [0.2, 0.25) is 0 Å². The lowest BCUT2D eigenvalue weighted by Crippen LogP contribution is -2.16. The van der Waals surface area contributed by atoms with Gasteiger partial charge in [-0.25, -0.2) is 9.59 Å². The first kappa shape index (κ1) is 18.2. The smallest absolute Gasteiger partial charge is 0.336 e. The summed E-state index contributed by atoms with van der Waals surface area (Å²) < 4.78 is 0. The fourth-order valence-electron chi connectivity index (χ4n) is 2.91. The van der Waals surface area contributed by atoms with Crippen molar-refractivity contribution in [1.29, 1.82) is 0 Å². The van der Waals surface area contributed by atoms with Gasteiger partial charge in [0, 0.05) is 0 Å². The summed E-state index contributed by atoms with van der Waals surface area (Å²) in [6.45, 7) is 6.14. The Hall–Kier alpha value is -1.84. The Morgan fingerprint density at radius 2 is 1.50 bits per heavy atom. The van der Waals surface area contributed by atoms with Crippen LogP contribution in [0.15, 0.2) is 6.07 Å². The second-order valence-electron chi connectivity index (χ2n) is 5.59. The fourth-order valence-corrected chi connectivity index (χ4v) is 2.91. The van der Waals surface area contributed by atoms with Gasteiger partial charge in [0.1, 0.15) is 0 Å². The summed E-state index contributed by atoms with van der Waals surface area (Å²) in [5, 5.41) is 18.9. The Labute approximate surface area is 132 Å². The van der Waals surface area contributed by atoms with E-state index in [9.17, 15) is 19.8 Å². The van der Waals surface area contributed by atoms with E-state index in [1.807, 2.05) is 13.8 Å². The predicted octanol–water partition coefficient (Wildman–Crippen LogP) is 4.33. The number of unbranched alkanes of at least 4 members (excludes halogenated alkanes) is 2. The molecule has 0 radical (unpaired) electrons. The van der Waals surface area contributed by atoms with Gasteiger partial charge in [0.2, 0.25) is 0 Å². The van der Waals surface area contributed by atoms with Gasteiger partial charge in [-0.2, -0.15) is 0 Å². The highest BCUT2D eigenvalue weighted by molar-refractivity contribution is 6.03. The zero-order valence-electron chi connectivity index (χ0n) is 13.7. The topological polar surface area (TPSA) is 74.6 Å². The van der Waals surface area contributed by atoms with Crippen molar-refractivity contribution in [3.8, 4) is 0 Å². The highest BCUT2D eigenvalue weighted by atomic mass is 16.4. The van der Waals surface area contributed by atoms with Crippen molar-refractivity contribution in [3.63, 3.8) is 0 Å².